The van der Waals surface area contributed by atoms with Crippen LogP contribution < -0.4 is 5.32 Å². The minimum absolute atomic E-state index is 0.0391. The van der Waals surface area contributed by atoms with E-state index in [1.165, 1.54) is 24.3 Å². The fourth-order valence-electron chi connectivity index (χ4n) is 2.46. The van der Waals surface area contributed by atoms with Crippen molar-refractivity contribution in [3.05, 3.63) is 60.2 Å². The molecule has 1 aromatic heterocycles. The van der Waals surface area contributed by atoms with Gasteiger partial charge in [-0.25, -0.2) is 17.8 Å². The highest BCUT2D eigenvalue weighted by atomic mass is 32.2. The number of benzene rings is 1. The van der Waals surface area contributed by atoms with Crippen LogP contribution in [-0.2, 0) is 22.1 Å². The number of aromatic nitrogens is 2. The smallest absolute Gasteiger partial charge is 0.228 e. The number of rotatable bonds is 8. The van der Waals surface area contributed by atoms with Gasteiger partial charge in [0, 0.05) is 19.1 Å². The Labute approximate surface area is 142 Å². The fourth-order valence-corrected chi connectivity index (χ4v) is 4.06. The van der Waals surface area contributed by atoms with E-state index in [9.17, 15) is 12.8 Å². The van der Waals surface area contributed by atoms with Crippen LogP contribution in [0.4, 0.5) is 4.39 Å². The third-order valence-electron chi connectivity index (χ3n) is 3.50. The molecule has 2 rings (SSSR count). The second-order valence-electron chi connectivity index (χ2n) is 5.80. The zero-order chi connectivity index (χ0) is 17.7. The molecule has 0 bridgehead atoms. The van der Waals surface area contributed by atoms with Gasteiger partial charge in [0.05, 0.1) is 17.6 Å². The number of sulfone groups is 1. The quantitative estimate of drug-likeness (QED) is 0.587. The number of imidazole rings is 1. The molecule has 0 atom stereocenters. The molecule has 1 heterocycles. The summed E-state index contributed by atoms with van der Waals surface area (Å²) in [5.41, 5.74) is 1.32. The maximum atomic E-state index is 13.0. The molecule has 24 heavy (non-hydrogen) atoms. The molecule has 130 valence electrons. The summed E-state index contributed by atoms with van der Waals surface area (Å²) in [6.07, 6.45) is 3.32. The van der Waals surface area contributed by atoms with E-state index < -0.39 is 15.7 Å². The van der Waals surface area contributed by atoms with Gasteiger partial charge in [0.15, 0.2) is 0 Å². The molecule has 0 saturated carbocycles. The normalized spacial score (nSPS) is 11.8. The second kappa shape index (κ2) is 7.72. The lowest BCUT2D eigenvalue weighted by molar-refractivity contribution is 0.497. The van der Waals surface area contributed by atoms with Crippen molar-refractivity contribution in [3.8, 4) is 0 Å². The molecule has 1 N–H and O–H groups in total. The van der Waals surface area contributed by atoms with Crippen molar-refractivity contribution < 1.29 is 12.8 Å². The molecule has 1 aromatic carbocycles. The molecule has 0 aliphatic heterocycles. The third-order valence-corrected chi connectivity index (χ3v) is 5.07. The van der Waals surface area contributed by atoms with Gasteiger partial charge in [-0.3, -0.25) is 0 Å². The molecule has 0 spiro atoms. The highest BCUT2D eigenvalue weighted by molar-refractivity contribution is 7.90. The SMILES string of the molecule is C=CCNCc1cnc(S(=O)(=O)Cc2ccc(F)cc2)n1C(C)C. The topological polar surface area (TPSA) is 64.0 Å². The molecule has 7 heteroatoms. The van der Waals surface area contributed by atoms with Crippen LogP contribution in [0.25, 0.3) is 0 Å². The van der Waals surface area contributed by atoms with Gasteiger partial charge in [-0.15, -0.1) is 6.58 Å². The highest BCUT2D eigenvalue weighted by Crippen LogP contribution is 2.21. The van der Waals surface area contributed by atoms with Crippen LogP contribution in [0.15, 0.2) is 48.3 Å². The van der Waals surface area contributed by atoms with Crippen molar-refractivity contribution in [1.29, 1.82) is 0 Å². The minimum Gasteiger partial charge on any atom is -0.315 e. The Morgan fingerprint density at radius 3 is 2.58 bits per heavy atom. The summed E-state index contributed by atoms with van der Waals surface area (Å²) < 4.78 is 40.2. The number of hydrogen-bond acceptors (Lipinski definition) is 4. The monoisotopic (exact) mass is 351 g/mol. The van der Waals surface area contributed by atoms with Crippen molar-refractivity contribution >= 4 is 9.84 Å². The Balaban J connectivity index is 2.31. The van der Waals surface area contributed by atoms with Crippen molar-refractivity contribution in [2.24, 2.45) is 0 Å². The first-order chi connectivity index (χ1) is 11.3. The average molecular weight is 351 g/mol. The van der Waals surface area contributed by atoms with Crippen LogP contribution in [0.3, 0.4) is 0 Å². The number of hydrogen-bond donors (Lipinski definition) is 1. The van der Waals surface area contributed by atoms with Crippen molar-refractivity contribution in [3.63, 3.8) is 0 Å². The zero-order valence-electron chi connectivity index (χ0n) is 13.9. The molecule has 0 aliphatic carbocycles. The maximum Gasteiger partial charge on any atom is 0.228 e. The Hall–Kier alpha value is -1.99. The average Bonchev–Trinajstić information content (AvgIpc) is 2.95. The van der Waals surface area contributed by atoms with Gasteiger partial charge in [-0.2, -0.15) is 0 Å². The van der Waals surface area contributed by atoms with E-state index in [0.717, 1.165) is 5.69 Å². The molecule has 0 aliphatic rings. The van der Waals surface area contributed by atoms with Crippen LogP contribution in [0.2, 0.25) is 0 Å². The van der Waals surface area contributed by atoms with Crippen LogP contribution in [-0.4, -0.2) is 24.5 Å². The van der Waals surface area contributed by atoms with E-state index in [0.29, 0.717) is 18.7 Å². The molecule has 0 radical (unpaired) electrons. The molecule has 0 saturated heterocycles. The molecule has 0 unspecified atom stereocenters. The number of nitrogens with one attached hydrogen (secondary N) is 1. The number of nitrogens with zero attached hydrogens (tertiary/aromatic N) is 2. The summed E-state index contributed by atoms with van der Waals surface area (Å²) in [4.78, 5) is 4.14. The highest BCUT2D eigenvalue weighted by Gasteiger charge is 2.25. The second-order valence-corrected chi connectivity index (χ2v) is 7.68. The van der Waals surface area contributed by atoms with E-state index >= 15 is 0 Å². The van der Waals surface area contributed by atoms with Crippen LogP contribution in [0.5, 0.6) is 0 Å². The third kappa shape index (κ3) is 4.30. The van der Waals surface area contributed by atoms with E-state index in [1.54, 1.807) is 16.8 Å². The first-order valence-electron chi connectivity index (χ1n) is 7.70. The number of halogens is 1. The lowest BCUT2D eigenvalue weighted by Gasteiger charge is -2.16. The van der Waals surface area contributed by atoms with Gasteiger partial charge in [0.25, 0.3) is 0 Å². The molecular formula is C17H22FN3O2S. The van der Waals surface area contributed by atoms with Crippen molar-refractivity contribution in [1.82, 2.24) is 14.9 Å². The minimum atomic E-state index is -3.63. The largest absolute Gasteiger partial charge is 0.315 e. The molecule has 2 aromatic rings. The van der Waals surface area contributed by atoms with Crippen LogP contribution in [0, 0.1) is 5.82 Å². The van der Waals surface area contributed by atoms with Gasteiger partial charge >= 0.3 is 0 Å². The molecular weight excluding hydrogens is 329 g/mol. The van der Waals surface area contributed by atoms with Gasteiger partial charge < -0.3 is 9.88 Å². The van der Waals surface area contributed by atoms with E-state index in [1.807, 2.05) is 13.8 Å². The summed E-state index contributed by atoms with van der Waals surface area (Å²) in [6, 6.07) is 5.41. The Bertz CT molecular complexity index is 796. The lowest BCUT2D eigenvalue weighted by Crippen LogP contribution is -2.20. The fraction of sp³-hybridized carbons (Fsp3) is 0.353. The summed E-state index contributed by atoms with van der Waals surface area (Å²) in [6.45, 7) is 8.59. The van der Waals surface area contributed by atoms with Gasteiger partial charge in [-0.05, 0) is 31.5 Å². The predicted molar refractivity (Wildman–Crippen MR) is 91.8 cm³/mol. The van der Waals surface area contributed by atoms with Gasteiger partial charge in [0.1, 0.15) is 5.82 Å². The summed E-state index contributed by atoms with van der Waals surface area (Å²) >= 11 is 0. The van der Waals surface area contributed by atoms with Crippen molar-refractivity contribution in [2.75, 3.05) is 6.54 Å². The van der Waals surface area contributed by atoms with E-state index in [4.69, 9.17) is 0 Å². The van der Waals surface area contributed by atoms with Crippen LogP contribution >= 0.6 is 0 Å². The van der Waals surface area contributed by atoms with Crippen molar-refractivity contribution in [2.45, 2.75) is 37.3 Å². The molecule has 0 amide bonds. The zero-order valence-corrected chi connectivity index (χ0v) is 14.7. The van der Waals surface area contributed by atoms with Gasteiger partial charge in [0.2, 0.25) is 15.0 Å². The Morgan fingerprint density at radius 1 is 1.33 bits per heavy atom. The van der Waals surface area contributed by atoms with E-state index in [-0.39, 0.29) is 17.0 Å². The first-order valence-corrected chi connectivity index (χ1v) is 9.35. The Kier molecular flexibility index (Phi) is 5.90. The summed E-state index contributed by atoms with van der Waals surface area (Å²) in [5, 5.41) is 3.19. The molecule has 5 nitrogen and oxygen atoms in total. The standard InChI is InChI=1S/C17H22FN3O2S/c1-4-9-19-10-16-11-20-17(21(16)13(2)3)24(22,23)12-14-5-7-15(18)8-6-14/h4-8,11,13,19H,1,9-10,12H2,2-3H3. The first kappa shape index (κ1) is 18.4. The predicted octanol–water partition coefficient (Wildman–Crippen LogP) is 2.85. The summed E-state index contributed by atoms with van der Waals surface area (Å²) in [5.74, 6) is -0.605. The Morgan fingerprint density at radius 2 is 2.00 bits per heavy atom. The maximum absolute atomic E-state index is 13.0. The van der Waals surface area contributed by atoms with Gasteiger partial charge in [-0.1, -0.05) is 18.2 Å². The summed E-state index contributed by atoms with van der Waals surface area (Å²) in [7, 11) is -3.63. The van der Waals surface area contributed by atoms with Crippen LogP contribution in [0.1, 0.15) is 31.1 Å². The molecule has 0 fully saturated rings. The lowest BCUT2D eigenvalue weighted by atomic mass is 10.2. The van der Waals surface area contributed by atoms with E-state index in [2.05, 4.69) is 16.9 Å².